The Kier molecular flexibility index (Phi) is 4.53. The molecule has 0 fully saturated rings. The normalized spacial score (nSPS) is 10.3. The molecule has 3 aromatic rings. The van der Waals surface area contributed by atoms with E-state index in [0.29, 0.717) is 18.1 Å². The Balaban J connectivity index is 1.85. The number of nitriles is 1. The first-order chi connectivity index (χ1) is 12.1. The highest BCUT2D eigenvalue weighted by Crippen LogP contribution is 2.28. The van der Waals surface area contributed by atoms with Gasteiger partial charge in [0.1, 0.15) is 17.5 Å². The molecule has 25 heavy (non-hydrogen) atoms. The molecule has 0 aliphatic heterocycles. The number of nitrogens with two attached hydrogens (primary N) is 1. The van der Waals surface area contributed by atoms with Crippen molar-refractivity contribution in [3.05, 3.63) is 48.4 Å². The van der Waals surface area contributed by atoms with Gasteiger partial charge in [0, 0.05) is 18.8 Å². The van der Waals surface area contributed by atoms with Gasteiger partial charge in [-0.25, -0.2) is 4.98 Å². The van der Waals surface area contributed by atoms with Gasteiger partial charge in [-0.05, 0) is 24.6 Å². The first-order valence-corrected chi connectivity index (χ1v) is 7.79. The largest absolute Gasteiger partial charge is 0.477 e. The lowest BCUT2D eigenvalue weighted by Crippen LogP contribution is -2.04. The second-order valence-electron chi connectivity index (χ2n) is 5.41. The summed E-state index contributed by atoms with van der Waals surface area (Å²) in [6.45, 7) is 2.24. The minimum absolute atomic E-state index is 0.235. The van der Waals surface area contributed by atoms with Crippen LogP contribution in [0.25, 0.3) is 11.3 Å². The van der Waals surface area contributed by atoms with Crippen LogP contribution in [0, 0.1) is 11.3 Å². The molecule has 0 aliphatic rings. The van der Waals surface area contributed by atoms with E-state index in [-0.39, 0.29) is 11.4 Å². The van der Waals surface area contributed by atoms with Gasteiger partial charge < -0.3 is 20.4 Å². The van der Waals surface area contributed by atoms with Crippen molar-refractivity contribution in [3.63, 3.8) is 0 Å². The number of anilines is 3. The van der Waals surface area contributed by atoms with Crippen LogP contribution in [0.5, 0.6) is 5.88 Å². The van der Waals surface area contributed by atoms with Crippen molar-refractivity contribution in [1.29, 1.82) is 5.26 Å². The van der Waals surface area contributed by atoms with Crippen LogP contribution in [-0.4, -0.2) is 21.1 Å². The maximum atomic E-state index is 9.17. The maximum absolute atomic E-state index is 9.17. The molecule has 0 saturated carbocycles. The molecule has 126 valence electrons. The van der Waals surface area contributed by atoms with Crippen LogP contribution in [0.3, 0.4) is 0 Å². The summed E-state index contributed by atoms with van der Waals surface area (Å²) in [5.41, 5.74) is 9.45. The summed E-state index contributed by atoms with van der Waals surface area (Å²) in [7, 11) is 1.95. The lowest BCUT2D eigenvalue weighted by molar-refractivity contribution is 0.326. The van der Waals surface area contributed by atoms with Gasteiger partial charge in [-0.15, -0.1) is 0 Å². The Hall–Kier alpha value is -3.53. The van der Waals surface area contributed by atoms with Gasteiger partial charge in [0.2, 0.25) is 5.88 Å². The van der Waals surface area contributed by atoms with Crippen LogP contribution in [0.15, 0.2) is 42.9 Å². The molecule has 1 aromatic carbocycles. The van der Waals surface area contributed by atoms with Crippen molar-refractivity contribution in [2.24, 2.45) is 7.05 Å². The summed E-state index contributed by atoms with van der Waals surface area (Å²) in [4.78, 5) is 8.45. The lowest BCUT2D eigenvalue weighted by Gasteiger charge is -2.11. The summed E-state index contributed by atoms with van der Waals surface area (Å²) >= 11 is 0. The Labute approximate surface area is 145 Å². The number of pyridine rings is 1. The van der Waals surface area contributed by atoms with Gasteiger partial charge in [0.05, 0.1) is 30.5 Å². The smallest absolute Gasteiger partial charge is 0.235 e. The Morgan fingerprint density at radius 2 is 2.08 bits per heavy atom. The molecule has 0 atom stereocenters. The van der Waals surface area contributed by atoms with Gasteiger partial charge >= 0.3 is 0 Å². The van der Waals surface area contributed by atoms with Crippen molar-refractivity contribution in [1.82, 2.24) is 14.5 Å². The number of nitrogens with one attached hydrogen (secondary N) is 1. The zero-order chi connectivity index (χ0) is 17.8. The molecule has 3 N–H and O–H groups in total. The fraction of sp³-hybridized carbons (Fsp3) is 0.167. The van der Waals surface area contributed by atoms with Crippen molar-refractivity contribution in [2.75, 3.05) is 17.7 Å². The number of imidazole rings is 1. The monoisotopic (exact) mass is 334 g/mol. The molecular weight excluding hydrogens is 316 g/mol. The summed E-state index contributed by atoms with van der Waals surface area (Å²) in [5.74, 6) is 0.757. The second kappa shape index (κ2) is 6.93. The van der Waals surface area contributed by atoms with E-state index in [1.54, 1.807) is 12.4 Å². The number of ether oxygens (including phenoxy) is 1. The van der Waals surface area contributed by atoms with E-state index in [1.165, 1.54) is 0 Å². The second-order valence-corrected chi connectivity index (χ2v) is 5.41. The number of nitrogens with zero attached hydrogens (tertiary/aromatic N) is 4. The minimum atomic E-state index is 0.235. The number of hydrogen-bond acceptors (Lipinski definition) is 6. The van der Waals surface area contributed by atoms with Crippen LogP contribution in [0.4, 0.5) is 17.2 Å². The molecule has 0 spiro atoms. The number of nitrogen functional groups attached to an aromatic ring is 1. The van der Waals surface area contributed by atoms with Gasteiger partial charge in [0.25, 0.3) is 0 Å². The van der Waals surface area contributed by atoms with E-state index < -0.39 is 0 Å². The fourth-order valence-electron chi connectivity index (χ4n) is 2.47. The highest BCUT2D eigenvalue weighted by Gasteiger charge is 2.12. The molecule has 3 rings (SSSR count). The summed E-state index contributed by atoms with van der Waals surface area (Å²) < 4.78 is 7.36. The van der Waals surface area contributed by atoms with Crippen molar-refractivity contribution < 1.29 is 4.74 Å². The first-order valence-electron chi connectivity index (χ1n) is 7.79. The molecule has 0 aliphatic carbocycles. The number of aromatic nitrogens is 3. The van der Waals surface area contributed by atoms with E-state index in [4.69, 9.17) is 10.5 Å². The fourth-order valence-corrected chi connectivity index (χ4v) is 2.47. The minimum Gasteiger partial charge on any atom is -0.477 e. The third kappa shape index (κ3) is 3.38. The molecule has 0 amide bonds. The summed E-state index contributed by atoms with van der Waals surface area (Å²) in [6.07, 6.45) is 3.58. The standard InChI is InChI=1S/C18H18N6O/c1-3-25-18-14(9-19)15(20)8-17(23-18)22-13-6-4-12(5-7-13)16-10-21-11-24(16)2/h4-8,10-11H,3H2,1-2H3,(H3,20,22,23). The van der Waals surface area contributed by atoms with Crippen molar-refractivity contribution >= 4 is 17.2 Å². The highest BCUT2D eigenvalue weighted by molar-refractivity contribution is 5.69. The lowest BCUT2D eigenvalue weighted by atomic mass is 10.1. The quantitative estimate of drug-likeness (QED) is 0.743. The topological polar surface area (TPSA) is 102 Å². The van der Waals surface area contributed by atoms with E-state index in [1.807, 2.05) is 55.1 Å². The molecule has 2 heterocycles. The average molecular weight is 334 g/mol. The van der Waals surface area contributed by atoms with Crippen LogP contribution in [-0.2, 0) is 7.05 Å². The summed E-state index contributed by atoms with van der Waals surface area (Å²) in [6, 6.07) is 11.5. The Bertz CT molecular complexity index is 924. The first kappa shape index (κ1) is 16.3. The predicted octanol–water partition coefficient (Wildman–Crippen LogP) is 3.08. The molecule has 7 nitrogen and oxygen atoms in total. The highest BCUT2D eigenvalue weighted by atomic mass is 16.5. The van der Waals surface area contributed by atoms with Crippen LogP contribution in [0.1, 0.15) is 12.5 Å². The zero-order valence-corrected chi connectivity index (χ0v) is 14.0. The molecule has 2 aromatic heterocycles. The molecular formula is C18H18N6O. The molecule has 0 saturated heterocycles. The number of rotatable bonds is 5. The predicted molar refractivity (Wildman–Crippen MR) is 96.5 cm³/mol. The van der Waals surface area contributed by atoms with Crippen LogP contribution < -0.4 is 15.8 Å². The van der Waals surface area contributed by atoms with E-state index in [2.05, 4.69) is 15.3 Å². The molecule has 7 heteroatoms. The van der Waals surface area contributed by atoms with Gasteiger partial charge in [-0.3, -0.25) is 0 Å². The number of aryl methyl sites for hydroxylation is 1. The van der Waals surface area contributed by atoms with Crippen molar-refractivity contribution in [3.8, 4) is 23.2 Å². The van der Waals surface area contributed by atoms with Crippen LogP contribution in [0.2, 0.25) is 0 Å². The third-order valence-corrected chi connectivity index (χ3v) is 3.68. The molecule has 0 radical (unpaired) electrons. The third-order valence-electron chi connectivity index (χ3n) is 3.68. The SMILES string of the molecule is CCOc1nc(Nc2ccc(-c3cncn3C)cc2)cc(N)c1C#N. The zero-order valence-electron chi connectivity index (χ0n) is 14.0. The Morgan fingerprint density at radius 1 is 1.32 bits per heavy atom. The average Bonchev–Trinajstić information content (AvgIpc) is 3.02. The van der Waals surface area contributed by atoms with E-state index in [9.17, 15) is 5.26 Å². The van der Waals surface area contributed by atoms with Gasteiger partial charge in [-0.1, -0.05) is 12.1 Å². The van der Waals surface area contributed by atoms with Gasteiger partial charge in [-0.2, -0.15) is 10.2 Å². The number of hydrogen-bond donors (Lipinski definition) is 2. The maximum Gasteiger partial charge on any atom is 0.235 e. The van der Waals surface area contributed by atoms with E-state index in [0.717, 1.165) is 16.9 Å². The van der Waals surface area contributed by atoms with Crippen molar-refractivity contribution in [2.45, 2.75) is 6.92 Å². The van der Waals surface area contributed by atoms with Crippen LogP contribution >= 0.6 is 0 Å². The summed E-state index contributed by atoms with van der Waals surface area (Å²) in [5, 5.41) is 12.4. The Morgan fingerprint density at radius 3 is 2.68 bits per heavy atom. The molecule has 0 bridgehead atoms. The molecule has 0 unspecified atom stereocenters. The number of benzene rings is 1. The van der Waals surface area contributed by atoms with E-state index >= 15 is 0 Å². The van der Waals surface area contributed by atoms with Gasteiger partial charge in [0.15, 0.2) is 0 Å².